The lowest BCUT2D eigenvalue weighted by Crippen LogP contribution is -2.45. The van der Waals surface area contributed by atoms with Crippen molar-refractivity contribution >= 4 is 12.2 Å². The van der Waals surface area contributed by atoms with Gasteiger partial charge in [-0.2, -0.15) is 0 Å². The Kier molecular flexibility index (Phi) is 4.37. The molecule has 21 heavy (non-hydrogen) atoms. The maximum absolute atomic E-state index is 13.0. The van der Waals surface area contributed by atoms with Crippen molar-refractivity contribution in [1.82, 2.24) is 4.90 Å². The molecule has 0 spiro atoms. The van der Waals surface area contributed by atoms with Gasteiger partial charge in [0.25, 0.3) is 5.91 Å². The van der Waals surface area contributed by atoms with Gasteiger partial charge in [0, 0.05) is 23.2 Å². The monoisotopic (exact) mass is 285 g/mol. The molecule has 0 saturated heterocycles. The van der Waals surface area contributed by atoms with Crippen LogP contribution in [0.15, 0.2) is 24.3 Å². The largest absolute Gasteiger partial charge is 0.333 e. The predicted molar refractivity (Wildman–Crippen MR) is 82.5 cm³/mol. The summed E-state index contributed by atoms with van der Waals surface area (Å²) in [6, 6.07) is 7.91. The molecule has 0 unspecified atom stereocenters. The van der Waals surface area contributed by atoms with Crippen molar-refractivity contribution in [1.29, 1.82) is 0 Å². The minimum Gasteiger partial charge on any atom is -0.333 e. The highest BCUT2D eigenvalue weighted by atomic mass is 16.2. The highest BCUT2D eigenvalue weighted by molar-refractivity contribution is 5.95. The van der Waals surface area contributed by atoms with Crippen LogP contribution in [0.4, 0.5) is 0 Å². The van der Waals surface area contributed by atoms with Crippen molar-refractivity contribution in [3.63, 3.8) is 0 Å². The van der Waals surface area contributed by atoms with Crippen LogP contribution in [0.5, 0.6) is 0 Å². The van der Waals surface area contributed by atoms with Crippen LogP contribution < -0.4 is 0 Å². The van der Waals surface area contributed by atoms with Gasteiger partial charge in [-0.05, 0) is 37.8 Å². The van der Waals surface area contributed by atoms with Crippen LogP contribution >= 0.6 is 0 Å². The molecule has 1 amide bonds. The molecule has 1 aromatic rings. The van der Waals surface area contributed by atoms with Crippen molar-refractivity contribution in [2.45, 2.75) is 63.5 Å². The van der Waals surface area contributed by atoms with E-state index in [1.54, 1.807) is 24.3 Å². The maximum Gasteiger partial charge on any atom is 0.254 e. The third-order valence-electron chi connectivity index (χ3n) is 4.96. The summed E-state index contributed by atoms with van der Waals surface area (Å²) in [6.07, 6.45) is 10.4. The molecular weight excluding hydrogens is 262 g/mol. The van der Waals surface area contributed by atoms with Crippen LogP contribution in [0.1, 0.15) is 72.1 Å². The summed E-state index contributed by atoms with van der Waals surface area (Å²) in [4.78, 5) is 25.9. The highest BCUT2D eigenvalue weighted by Crippen LogP contribution is 2.32. The number of nitrogens with zero attached hydrogens (tertiary/aromatic N) is 1. The predicted octanol–water partition coefficient (Wildman–Crippen LogP) is 3.83. The first kappa shape index (κ1) is 14.3. The Morgan fingerprint density at radius 3 is 1.81 bits per heavy atom. The van der Waals surface area contributed by atoms with Crippen LogP contribution in [0.2, 0.25) is 0 Å². The van der Waals surface area contributed by atoms with Crippen LogP contribution in [-0.2, 0) is 0 Å². The fourth-order valence-corrected chi connectivity index (χ4v) is 3.85. The lowest BCUT2D eigenvalue weighted by molar-refractivity contribution is 0.0580. The second kappa shape index (κ2) is 6.42. The Labute approximate surface area is 126 Å². The maximum atomic E-state index is 13.0. The molecule has 0 aliphatic heterocycles. The minimum atomic E-state index is 0.159. The Morgan fingerprint density at radius 1 is 0.905 bits per heavy atom. The van der Waals surface area contributed by atoms with Gasteiger partial charge >= 0.3 is 0 Å². The summed E-state index contributed by atoms with van der Waals surface area (Å²) in [5.74, 6) is 0.159. The van der Waals surface area contributed by atoms with E-state index in [-0.39, 0.29) is 5.91 Å². The van der Waals surface area contributed by atoms with Gasteiger partial charge in [0.15, 0.2) is 0 Å². The number of hydrogen-bond acceptors (Lipinski definition) is 2. The van der Waals surface area contributed by atoms with Crippen LogP contribution in [0, 0.1) is 0 Å². The van der Waals surface area contributed by atoms with Gasteiger partial charge in [-0.3, -0.25) is 9.59 Å². The summed E-state index contributed by atoms with van der Waals surface area (Å²) < 4.78 is 0. The molecule has 3 nitrogen and oxygen atoms in total. The van der Waals surface area contributed by atoms with Crippen molar-refractivity contribution in [2.24, 2.45) is 0 Å². The van der Waals surface area contributed by atoms with Crippen molar-refractivity contribution in [2.75, 3.05) is 0 Å². The number of carbonyl (C=O) groups is 2. The van der Waals surface area contributed by atoms with E-state index in [0.29, 0.717) is 17.6 Å². The first-order valence-corrected chi connectivity index (χ1v) is 8.17. The van der Waals surface area contributed by atoms with Crippen LogP contribution in [0.3, 0.4) is 0 Å². The lowest BCUT2D eigenvalue weighted by atomic mass is 10.1. The summed E-state index contributed by atoms with van der Waals surface area (Å²) >= 11 is 0. The molecule has 2 fully saturated rings. The molecule has 0 N–H and O–H groups in total. The van der Waals surface area contributed by atoms with Gasteiger partial charge in [0.1, 0.15) is 6.29 Å². The molecule has 3 heteroatoms. The quantitative estimate of drug-likeness (QED) is 0.788. The van der Waals surface area contributed by atoms with Gasteiger partial charge in [0.2, 0.25) is 0 Å². The van der Waals surface area contributed by atoms with E-state index in [0.717, 1.165) is 37.5 Å². The van der Waals surface area contributed by atoms with E-state index in [4.69, 9.17) is 0 Å². The molecule has 0 atom stereocenters. The van der Waals surface area contributed by atoms with Gasteiger partial charge in [0.05, 0.1) is 0 Å². The lowest BCUT2D eigenvalue weighted by Gasteiger charge is -2.34. The second-order valence-corrected chi connectivity index (χ2v) is 6.33. The molecular formula is C18H23NO2. The fourth-order valence-electron chi connectivity index (χ4n) is 3.85. The van der Waals surface area contributed by atoms with E-state index >= 15 is 0 Å². The highest BCUT2D eigenvalue weighted by Gasteiger charge is 2.34. The standard InChI is InChI=1S/C18H23NO2/c20-13-14-9-11-15(12-10-14)18(21)19(16-5-1-2-6-16)17-7-3-4-8-17/h9-13,16-17H,1-8H2. The smallest absolute Gasteiger partial charge is 0.254 e. The molecule has 0 radical (unpaired) electrons. The second-order valence-electron chi connectivity index (χ2n) is 6.33. The van der Waals surface area contributed by atoms with Crippen LogP contribution in [0.25, 0.3) is 0 Å². The minimum absolute atomic E-state index is 0.159. The van der Waals surface area contributed by atoms with E-state index in [2.05, 4.69) is 4.90 Å². The molecule has 0 heterocycles. The third kappa shape index (κ3) is 3.02. The number of benzene rings is 1. The number of carbonyl (C=O) groups excluding carboxylic acids is 2. The summed E-state index contributed by atoms with van der Waals surface area (Å²) in [5.41, 5.74) is 1.35. The number of hydrogen-bond donors (Lipinski definition) is 0. The third-order valence-corrected chi connectivity index (χ3v) is 4.96. The Balaban J connectivity index is 1.83. The molecule has 1 aromatic carbocycles. The van der Waals surface area contributed by atoms with Crippen LogP contribution in [-0.4, -0.2) is 29.2 Å². The number of amides is 1. The van der Waals surface area contributed by atoms with E-state index < -0.39 is 0 Å². The Morgan fingerprint density at radius 2 is 1.38 bits per heavy atom. The summed E-state index contributed by atoms with van der Waals surface area (Å²) in [5, 5.41) is 0. The van der Waals surface area contributed by atoms with Gasteiger partial charge < -0.3 is 4.90 Å². The van der Waals surface area contributed by atoms with Crippen molar-refractivity contribution < 1.29 is 9.59 Å². The average molecular weight is 285 g/mol. The van der Waals surface area contributed by atoms with Crippen molar-refractivity contribution in [3.05, 3.63) is 35.4 Å². The first-order valence-electron chi connectivity index (χ1n) is 8.17. The Hall–Kier alpha value is -1.64. The average Bonchev–Trinajstić information content (AvgIpc) is 3.21. The van der Waals surface area contributed by atoms with E-state index in [1.165, 1.54) is 25.7 Å². The van der Waals surface area contributed by atoms with E-state index in [9.17, 15) is 9.59 Å². The Bertz CT molecular complexity index is 480. The zero-order chi connectivity index (χ0) is 14.7. The SMILES string of the molecule is O=Cc1ccc(C(=O)N(C2CCCC2)C2CCCC2)cc1. The molecule has 3 rings (SSSR count). The molecule has 112 valence electrons. The van der Waals surface area contributed by atoms with Gasteiger partial charge in [-0.1, -0.05) is 37.8 Å². The number of aldehydes is 1. The molecule has 0 aromatic heterocycles. The van der Waals surface area contributed by atoms with E-state index in [1.807, 2.05) is 0 Å². The molecule has 2 saturated carbocycles. The molecule has 2 aliphatic carbocycles. The summed E-state index contributed by atoms with van der Waals surface area (Å²) in [6.45, 7) is 0. The van der Waals surface area contributed by atoms with Gasteiger partial charge in [-0.25, -0.2) is 0 Å². The summed E-state index contributed by atoms with van der Waals surface area (Å²) in [7, 11) is 0. The molecule has 2 aliphatic rings. The zero-order valence-corrected chi connectivity index (χ0v) is 12.5. The first-order chi connectivity index (χ1) is 10.3. The van der Waals surface area contributed by atoms with Crippen molar-refractivity contribution in [3.8, 4) is 0 Å². The fraction of sp³-hybridized carbons (Fsp3) is 0.556. The topological polar surface area (TPSA) is 37.4 Å². The van der Waals surface area contributed by atoms with Gasteiger partial charge in [-0.15, -0.1) is 0 Å². The normalized spacial score (nSPS) is 19.8. The number of rotatable bonds is 4. The molecule has 0 bridgehead atoms. The zero-order valence-electron chi connectivity index (χ0n) is 12.5.